The number of carbonyl (C=O) groups excluding carboxylic acids is 2. The quantitative estimate of drug-likeness (QED) is 0.386. The van der Waals surface area contributed by atoms with Gasteiger partial charge in [-0.15, -0.1) is 0 Å². The molecule has 30 heavy (non-hydrogen) atoms. The first-order valence-corrected chi connectivity index (χ1v) is 9.27. The maximum atomic E-state index is 13.1. The molecule has 2 aromatic carbocycles. The molecule has 158 valence electrons. The minimum atomic E-state index is -1.68. The lowest BCUT2D eigenvalue weighted by atomic mass is 9.82. The molecule has 1 aliphatic carbocycles. The number of ether oxygens (including phenoxy) is 2. The summed E-state index contributed by atoms with van der Waals surface area (Å²) in [4.78, 5) is 26.1. The second-order valence-electron chi connectivity index (χ2n) is 7.39. The van der Waals surface area contributed by atoms with Gasteiger partial charge in [-0.1, -0.05) is 0 Å². The predicted molar refractivity (Wildman–Crippen MR) is 101 cm³/mol. The van der Waals surface area contributed by atoms with Gasteiger partial charge in [0.1, 0.15) is 35.9 Å². The molecular formula is C21H20O9. The molecule has 5 N–H and O–H groups in total. The molecule has 1 aliphatic heterocycles. The third-order valence-electron chi connectivity index (χ3n) is 5.30. The molecule has 1 fully saturated rings. The van der Waals surface area contributed by atoms with Gasteiger partial charge >= 0.3 is 0 Å². The first-order chi connectivity index (χ1) is 14.2. The molecule has 0 aromatic heterocycles. The second kappa shape index (κ2) is 7.46. The summed E-state index contributed by atoms with van der Waals surface area (Å²) >= 11 is 0. The molecule has 9 heteroatoms. The molecule has 0 saturated carbocycles. The number of ketones is 2. The number of aliphatic hydroxyl groups is 4. The van der Waals surface area contributed by atoms with E-state index >= 15 is 0 Å². The van der Waals surface area contributed by atoms with E-state index in [1.54, 1.807) is 6.92 Å². The number of aromatic hydroxyl groups is 1. The van der Waals surface area contributed by atoms with Gasteiger partial charge in [-0.05, 0) is 42.8 Å². The van der Waals surface area contributed by atoms with E-state index in [1.807, 2.05) is 0 Å². The second-order valence-corrected chi connectivity index (χ2v) is 7.39. The van der Waals surface area contributed by atoms with Crippen LogP contribution >= 0.6 is 0 Å². The van der Waals surface area contributed by atoms with Crippen LogP contribution in [0.2, 0.25) is 0 Å². The number of hydrogen-bond acceptors (Lipinski definition) is 9. The summed E-state index contributed by atoms with van der Waals surface area (Å²) in [5.41, 5.74) is 0.778. The van der Waals surface area contributed by atoms with Gasteiger partial charge in [0, 0.05) is 16.7 Å². The monoisotopic (exact) mass is 416 g/mol. The van der Waals surface area contributed by atoms with Crippen LogP contribution in [-0.4, -0.2) is 74.4 Å². The van der Waals surface area contributed by atoms with E-state index in [0.717, 1.165) is 0 Å². The maximum absolute atomic E-state index is 13.1. The van der Waals surface area contributed by atoms with E-state index in [9.17, 15) is 35.1 Å². The molecule has 2 aromatic rings. The Labute approximate surface area is 170 Å². The van der Waals surface area contributed by atoms with Gasteiger partial charge in [-0.2, -0.15) is 0 Å². The molecule has 0 amide bonds. The summed E-state index contributed by atoms with van der Waals surface area (Å²) in [6.45, 7) is 1.05. The van der Waals surface area contributed by atoms with Crippen LogP contribution in [0.3, 0.4) is 0 Å². The highest BCUT2D eigenvalue weighted by Gasteiger charge is 2.45. The third-order valence-corrected chi connectivity index (χ3v) is 5.30. The fourth-order valence-electron chi connectivity index (χ4n) is 3.75. The minimum Gasteiger partial charge on any atom is -0.508 e. The number of carbonyl (C=O) groups is 2. The molecule has 0 radical (unpaired) electrons. The highest BCUT2D eigenvalue weighted by molar-refractivity contribution is 6.29. The van der Waals surface area contributed by atoms with Crippen molar-refractivity contribution in [3.63, 3.8) is 0 Å². The SMILES string of the molecule is Cc1cc(OC2OC(CO)C(O)C(O)C2O)c2c(c1)C(=O)c1ccc(O)cc1C2=O. The van der Waals surface area contributed by atoms with Crippen molar-refractivity contribution in [3.8, 4) is 11.5 Å². The van der Waals surface area contributed by atoms with Gasteiger partial charge in [0.05, 0.1) is 12.2 Å². The molecule has 9 nitrogen and oxygen atoms in total. The topological polar surface area (TPSA) is 154 Å². The molecule has 0 bridgehead atoms. The Hall–Kier alpha value is -2.82. The van der Waals surface area contributed by atoms with Crippen LogP contribution in [0.1, 0.15) is 37.4 Å². The van der Waals surface area contributed by atoms with Crippen LogP contribution in [0.25, 0.3) is 0 Å². The van der Waals surface area contributed by atoms with Crippen molar-refractivity contribution in [1.29, 1.82) is 0 Å². The van der Waals surface area contributed by atoms with Crippen LogP contribution in [0.15, 0.2) is 30.3 Å². The van der Waals surface area contributed by atoms with Crippen molar-refractivity contribution in [1.82, 2.24) is 0 Å². The Balaban J connectivity index is 1.77. The van der Waals surface area contributed by atoms with Crippen molar-refractivity contribution < 1.29 is 44.6 Å². The van der Waals surface area contributed by atoms with Gasteiger partial charge in [0.2, 0.25) is 6.29 Å². The summed E-state index contributed by atoms with van der Waals surface area (Å²) in [6, 6.07) is 6.88. The number of aliphatic hydroxyl groups excluding tert-OH is 4. The minimum absolute atomic E-state index is 0.00926. The fourth-order valence-corrected chi connectivity index (χ4v) is 3.75. The summed E-state index contributed by atoms with van der Waals surface area (Å²) in [6.07, 6.45) is -7.60. The average molecular weight is 416 g/mol. The zero-order valence-electron chi connectivity index (χ0n) is 15.8. The first kappa shape index (κ1) is 20.5. The lowest BCUT2D eigenvalue weighted by Gasteiger charge is -2.39. The summed E-state index contributed by atoms with van der Waals surface area (Å²) < 4.78 is 11.0. The summed E-state index contributed by atoms with van der Waals surface area (Å²) in [7, 11) is 0. The molecule has 5 unspecified atom stereocenters. The van der Waals surface area contributed by atoms with E-state index in [4.69, 9.17) is 9.47 Å². The fraction of sp³-hybridized carbons (Fsp3) is 0.333. The molecule has 2 aliphatic rings. The van der Waals surface area contributed by atoms with Crippen molar-refractivity contribution in [2.75, 3.05) is 6.61 Å². The van der Waals surface area contributed by atoms with Gasteiger partial charge in [-0.25, -0.2) is 0 Å². The van der Waals surface area contributed by atoms with Crippen LogP contribution in [-0.2, 0) is 4.74 Å². The first-order valence-electron chi connectivity index (χ1n) is 9.27. The average Bonchev–Trinajstić information content (AvgIpc) is 2.72. The van der Waals surface area contributed by atoms with Crippen LogP contribution in [0.5, 0.6) is 11.5 Å². The van der Waals surface area contributed by atoms with Crippen LogP contribution < -0.4 is 4.74 Å². The number of phenolic OH excluding ortho intramolecular Hbond substituents is 1. The zero-order chi connectivity index (χ0) is 21.7. The van der Waals surface area contributed by atoms with E-state index in [2.05, 4.69) is 0 Å². The van der Waals surface area contributed by atoms with Crippen LogP contribution in [0.4, 0.5) is 0 Å². The predicted octanol–water partition coefficient (Wildman–Crippen LogP) is -0.345. The molecule has 1 saturated heterocycles. The number of benzene rings is 2. The van der Waals surface area contributed by atoms with Crippen LogP contribution in [0, 0.1) is 6.92 Å². The number of fused-ring (bicyclic) bond motifs is 2. The van der Waals surface area contributed by atoms with Crippen molar-refractivity contribution in [3.05, 3.63) is 58.1 Å². The number of hydrogen-bond donors (Lipinski definition) is 5. The third kappa shape index (κ3) is 3.17. The maximum Gasteiger partial charge on any atom is 0.229 e. The Morgan fingerprint density at radius 2 is 1.67 bits per heavy atom. The van der Waals surface area contributed by atoms with Crippen molar-refractivity contribution >= 4 is 11.6 Å². The number of aryl methyl sites for hydroxylation is 1. The Kier molecular flexibility index (Phi) is 5.08. The van der Waals surface area contributed by atoms with E-state index in [0.29, 0.717) is 5.56 Å². The Bertz CT molecular complexity index is 1030. The highest BCUT2D eigenvalue weighted by Crippen LogP contribution is 2.37. The van der Waals surface area contributed by atoms with Gasteiger partial charge < -0.3 is 35.0 Å². The Morgan fingerprint density at radius 3 is 2.37 bits per heavy atom. The van der Waals surface area contributed by atoms with Crippen molar-refractivity contribution in [2.45, 2.75) is 37.6 Å². The standard InChI is InChI=1S/C21H20O9/c1-8-4-12-15(17(25)11-6-9(23)2-3-10(11)16(12)24)13(5-8)29-21-20(28)19(27)18(26)14(7-22)30-21/h2-6,14,18-23,26-28H,7H2,1H3. The molecule has 0 spiro atoms. The molecule has 1 heterocycles. The van der Waals surface area contributed by atoms with Gasteiger partial charge in [0.25, 0.3) is 0 Å². The Morgan fingerprint density at radius 1 is 0.933 bits per heavy atom. The molecule has 5 atom stereocenters. The lowest BCUT2D eigenvalue weighted by Crippen LogP contribution is -2.60. The summed E-state index contributed by atoms with van der Waals surface area (Å²) in [5.74, 6) is -1.24. The largest absolute Gasteiger partial charge is 0.508 e. The highest BCUT2D eigenvalue weighted by atomic mass is 16.7. The molecular weight excluding hydrogens is 396 g/mol. The zero-order valence-corrected chi connectivity index (χ0v) is 15.8. The normalized spacial score (nSPS) is 28.1. The van der Waals surface area contributed by atoms with E-state index in [1.165, 1.54) is 30.3 Å². The van der Waals surface area contributed by atoms with E-state index in [-0.39, 0.29) is 33.8 Å². The molecule has 4 rings (SSSR count). The van der Waals surface area contributed by atoms with Gasteiger partial charge in [-0.3, -0.25) is 9.59 Å². The smallest absolute Gasteiger partial charge is 0.229 e. The van der Waals surface area contributed by atoms with Crippen molar-refractivity contribution in [2.24, 2.45) is 0 Å². The lowest BCUT2D eigenvalue weighted by molar-refractivity contribution is -0.277. The summed E-state index contributed by atoms with van der Waals surface area (Å²) in [5, 5.41) is 49.2. The van der Waals surface area contributed by atoms with E-state index < -0.39 is 48.9 Å². The number of rotatable bonds is 3. The van der Waals surface area contributed by atoms with Gasteiger partial charge in [0.15, 0.2) is 11.6 Å². The number of phenols is 1.